The van der Waals surface area contributed by atoms with Crippen molar-refractivity contribution in [3.8, 4) is 0 Å². The zero-order chi connectivity index (χ0) is 15.6. The van der Waals surface area contributed by atoms with Gasteiger partial charge in [0, 0.05) is 24.3 Å². The van der Waals surface area contributed by atoms with Gasteiger partial charge >= 0.3 is 0 Å². The smallest absolute Gasteiger partial charge is 0.172 e. The first-order chi connectivity index (χ1) is 9.84. The molecule has 0 radical (unpaired) electrons. The minimum Gasteiger partial charge on any atom is -0.409 e. The lowest BCUT2D eigenvalue weighted by molar-refractivity contribution is 0.222. The molecule has 0 atom stereocenters. The fourth-order valence-electron chi connectivity index (χ4n) is 3.18. The number of benzene rings is 1. The van der Waals surface area contributed by atoms with E-state index < -0.39 is 0 Å². The number of oxime groups is 1. The molecule has 1 aromatic carbocycles. The number of aryl methyl sites for hydroxylation is 1. The molecule has 2 rings (SSSR count). The fraction of sp³-hybridized carbons (Fsp3) is 0.588. The van der Waals surface area contributed by atoms with E-state index in [1.165, 1.54) is 25.7 Å². The van der Waals surface area contributed by atoms with Gasteiger partial charge in [-0.15, -0.1) is 0 Å². The quantitative estimate of drug-likeness (QED) is 0.387. The fourth-order valence-corrected chi connectivity index (χ4v) is 3.18. The molecule has 1 aromatic rings. The Kier molecular flexibility index (Phi) is 4.45. The highest BCUT2D eigenvalue weighted by Crippen LogP contribution is 2.38. The molecule has 116 valence electrons. The van der Waals surface area contributed by atoms with E-state index in [1.54, 1.807) is 0 Å². The lowest BCUT2D eigenvalue weighted by Crippen LogP contribution is -2.38. The molecule has 0 aromatic heterocycles. The van der Waals surface area contributed by atoms with Gasteiger partial charge in [0.25, 0.3) is 0 Å². The molecule has 0 saturated heterocycles. The van der Waals surface area contributed by atoms with Crippen LogP contribution in [0.25, 0.3) is 0 Å². The van der Waals surface area contributed by atoms with E-state index in [0.29, 0.717) is 11.5 Å². The van der Waals surface area contributed by atoms with Gasteiger partial charge in [-0.1, -0.05) is 30.6 Å². The van der Waals surface area contributed by atoms with Gasteiger partial charge in [0.1, 0.15) is 0 Å². The standard InChI is InChI=1S/C17H27N3O/c1-12-5-6-15(14(11-12)16(18)19-21)20(4)13-7-9-17(2,3)10-8-13/h5-6,11,13,21H,7-10H2,1-4H3,(H2,18,19). The Labute approximate surface area is 127 Å². The maximum atomic E-state index is 9.01. The maximum absolute atomic E-state index is 9.01. The van der Waals surface area contributed by atoms with E-state index in [2.05, 4.69) is 43.1 Å². The molecule has 0 aliphatic heterocycles. The van der Waals surface area contributed by atoms with Crippen LogP contribution in [0, 0.1) is 12.3 Å². The second-order valence-electron chi connectivity index (χ2n) is 7.01. The summed E-state index contributed by atoms with van der Waals surface area (Å²) in [5, 5.41) is 12.2. The first kappa shape index (κ1) is 15.7. The summed E-state index contributed by atoms with van der Waals surface area (Å²) < 4.78 is 0. The average molecular weight is 289 g/mol. The zero-order valence-electron chi connectivity index (χ0n) is 13.6. The number of nitrogens with two attached hydrogens (primary N) is 1. The van der Waals surface area contributed by atoms with Gasteiger partial charge in [0.2, 0.25) is 0 Å². The molecular weight excluding hydrogens is 262 g/mol. The molecule has 21 heavy (non-hydrogen) atoms. The van der Waals surface area contributed by atoms with Crippen molar-refractivity contribution in [1.82, 2.24) is 0 Å². The van der Waals surface area contributed by atoms with E-state index >= 15 is 0 Å². The summed E-state index contributed by atoms with van der Waals surface area (Å²) in [6, 6.07) is 6.65. The molecule has 0 bridgehead atoms. The molecule has 4 heteroatoms. The number of amidine groups is 1. The maximum Gasteiger partial charge on any atom is 0.172 e. The lowest BCUT2D eigenvalue weighted by atomic mass is 9.75. The van der Waals surface area contributed by atoms with E-state index in [9.17, 15) is 0 Å². The van der Waals surface area contributed by atoms with Crippen LogP contribution in [-0.2, 0) is 0 Å². The zero-order valence-corrected chi connectivity index (χ0v) is 13.6. The summed E-state index contributed by atoms with van der Waals surface area (Å²) in [5.41, 5.74) is 9.27. The van der Waals surface area contributed by atoms with Crippen LogP contribution < -0.4 is 10.6 Å². The van der Waals surface area contributed by atoms with Crippen LogP contribution in [0.1, 0.15) is 50.7 Å². The highest BCUT2D eigenvalue weighted by atomic mass is 16.4. The third-order valence-corrected chi connectivity index (χ3v) is 4.77. The Morgan fingerprint density at radius 2 is 1.95 bits per heavy atom. The second-order valence-corrected chi connectivity index (χ2v) is 7.01. The Hall–Kier alpha value is -1.71. The largest absolute Gasteiger partial charge is 0.409 e. The summed E-state index contributed by atoms with van der Waals surface area (Å²) >= 11 is 0. The van der Waals surface area contributed by atoms with Crippen molar-refractivity contribution >= 4 is 11.5 Å². The van der Waals surface area contributed by atoms with Gasteiger partial charge in [-0.05, 0) is 50.2 Å². The van der Waals surface area contributed by atoms with Gasteiger partial charge in [0.05, 0.1) is 0 Å². The highest BCUT2D eigenvalue weighted by Gasteiger charge is 2.29. The van der Waals surface area contributed by atoms with E-state index in [0.717, 1.165) is 16.8 Å². The monoisotopic (exact) mass is 289 g/mol. The normalized spacial score (nSPS) is 19.5. The van der Waals surface area contributed by atoms with Crippen molar-refractivity contribution in [3.05, 3.63) is 29.3 Å². The first-order valence-corrected chi connectivity index (χ1v) is 7.65. The minimum atomic E-state index is 0.177. The van der Waals surface area contributed by atoms with Gasteiger partial charge in [-0.3, -0.25) is 0 Å². The molecule has 3 N–H and O–H groups in total. The Morgan fingerprint density at radius 1 is 1.33 bits per heavy atom. The van der Waals surface area contributed by atoms with Crippen LogP contribution in [0.4, 0.5) is 5.69 Å². The number of nitrogens with zero attached hydrogens (tertiary/aromatic N) is 2. The van der Waals surface area contributed by atoms with Crippen molar-refractivity contribution in [3.63, 3.8) is 0 Å². The number of hydrogen-bond acceptors (Lipinski definition) is 3. The topological polar surface area (TPSA) is 61.8 Å². The summed E-state index contributed by atoms with van der Waals surface area (Å²) in [4.78, 5) is 2.29. The summed E-state index contributed by atoms with van der Waals surface area (Å²) in [6.07, 6.45) is 4.86. The molecule has 0 heterocycles. The van der Waals surface area contributed by atoms with Crippen LogP contribution >= 0.6 is 0 Å². The second kappa shape index (κ2) is 5.96. The van der Waals surface area contributed by atoms with Crippen LogP contribution in [0.15, 0.2) is 23.4 Å². The Balaban J connectivity index is 2.25. The predicted molar refractivity (Wildman–Crippen MR) is 88.1 cm³/mol. The SMILES string of the molecule is Cc1ccc(N(C)C2CCC(C)(C)CC2)c(/C(N)=N/O)c1. The van der Waals surface area contributed by atoms with E-state index in [4.69, 9.17) is 10.9 Å². The van der Waals surface area contributed by atoms with Crippen molar-refractivity contribution in [2.45, 2.75) is 52.5 Å². The molecule has 1 fully saturated rings. The average Bonchev–Trinajstić information content (AvgIpc) is 2.45. The molecule has 0 amide bonds. The van der Waals surface area contributed by atoms with E-state index in [-0.39, 0.29) is 5.84 Å². The predicted octanol–water partition coefficient (Wildman–Crippen LogP) is 3.49. The molecule has 0 spiro atoms. The first-order valence-electron chi connectivity index (χ1n) is 7.65. The molecule has 1 saturated carbocycles. The third-order valence-electron chi connectivity index (χ3n) is 4.77. The van der Waals surface area contributed by atoms with E-state index in [1.807, 2.05) is 13.0 Å². The van der Waals surface area contributed by atoms with Gasteiger partial charge < -0.3 is 15.8 Å². The third kappa shape index (κ3) is 3.49. The van der Waals surface area contributed by atoms with Crippen LogP contribution in [0.2, 0.25) is 0 Å². The van der Waals surface area contributed by atoms with Crippen LogP contribution in [-0.4, -0.2) is 24.1 Å². The molecule has 1 aliphatic rings. The van der Waals surface area contributed by atoms with Gasteiger partial charge in [-0.25, -0.2) is 0 Å². The van der Waals surface area contributed by atoms with Crippen molar-refractivity contribution < 1.29 is 5.21 Å². The van der Waals surface area contributed by atoms with Crippen molar-refractivity contribution in [2.24, 2.45) is 16.3 Å². The van der Waals surface area contributed by atoms with Crippen molar-refractivity contribution in [1.29, 1.82) is 0 Å². The molecule has 4 nitrogen and oxygen atoms in total. The summed E-state index contributed by atoms with van der Waals surface area (Å²) in [6.45, 7) is 6.70. The number of hydrogen-bond donors (Lipinski definition) is 2. The Morgan fingerprint density at radius 3 is 2.52 bits per heavy atom. The summed E-state index contributed by atoms with van der Waals surface area (Å²) in [7, 11) is 2.11. The molecule has 1 aliphatic carbocycles. The lowest BCUT2D eigenvalue weighted by Gasteiger charge is -2.40. The van der Waals surface area contributed by atoms with Gasteiger partial charge in [-0.2, -0.15) is 0 Å². The number of anilines is 1. The summed E-state index contributed by atoms with van der Waals surface area (Å²) in [5.74, 6) is 0.177. The molecular formula is C17H27N3O. The number of rotatable bonds is 3. The van der Waals surface area contributed by atoms with Gasteiger partial charge in [0.15, 0.2) is 5.84 Å². The van der Waals surface area contributed by atoms with Crippen LogP contribution in [0.5, 0.6) is 0 Å². The Bertz CT molecular complexity index is 527. The highest BCUT2D eigenvalue weighted by molar-refractivity contribution is 6.02. The van der Waals surface area contributed by atoms with Crippen LogP contribution in [0.3, 0.4) is 0 Å². The minimum absolute atomic E-state index is 0.177. The van der Waals surface area contributed by atoms with Crippen molar-refractivity contribution in [2.75, 3.05) is 11.9 Å². The molecule has 0 unspecified atom stereocenters.